The van der Waals surface area contributed by atoms with E-state index in [0.29, 0.717) is 6.42 Å². The Labute approximate surface area is 118 Å². The summed E-state index contributed by atoms with van der Waals surface area (Å²) < 4.78 is 5.31. The van der Waals surface area contributed by atoms with Gasteiger partial charge in [-0.05, 0) is 22.8 Å². The van der Waals surface area contributed by atoms with Gasteiger partial charge in [0.2, 0.25) is 0 Å². The molecule has 1 N–H and O–H groups in total. The van der Waals surface area contributed by atoms with E-state index < -0.39 is 5.97 Å². The third-order valence-electron chi connectivity index (χ3n) is 3.02. The molecule has 0 saturated carbocycles. The van der Waals surface area contributed by atoms with Gasteiger partial charge in [-0.3, -0.25) is 0 Å². The van der Waals surface area contributed by atoms with Gasteiger partial charge in [-0.2, -0.15) is 0 Å². The first-order valence-electron chi connectivity index (χ1n) is 6.31. The molecule has 0 heterocycles. The van der Waals surface area contributed by atoms with Crippen LogP contribution in [0.2, 0.25) is 0 Å². The van der Waals surface area contributed by atoms with Crippen molar-refractivity contribution >= 4 is 11.5 Å². The van der Waals surface area contributed by atoms with Crippen LogP contribution >= 0.6 is 0 Å². The lowest BCUT2D eigenvalue weighted by Gasteiger charge is -2.11. The third kappa shape index (κ3) is 3.48. The number of carboxylic acids is 1. The highest BCUT2D eigenvalue weighted by atomic mass is 16.5. The summed E-state index contributed by atoms with van der Waals surface area (Å²) in [6.07, 6.45) is 1.77. The van der Waals surface area contributed by atoms with Crippen molar-refractivity contribution in [2.45, 2.75) is 6.42 Å². The Balaban J connectivity index is 2.37. The molecular formula is C17H16O3. The van der Waals surface area contributed by atoms with Gasteiger partial charge in [0, 0.05) is 12.5 Å². The van der Waals surface area contributed by atoms with E-state index in [1.54, 1.807) is 7.11 Å². The molecule has 2 aromatic carbocycles. The van der Waals surface area contributed by atoms with Crippen molar-refractivity contribution in [2.24, 2.45) is 0 Å². The number of methoxy groups -OCH3 is 1. The van der Waals surface area contributed by atoms with Gasteiger partial charge in [0.1, 0.15) is 5.75 Å². The van der Waals surface area contributed by atoms with E-state index in [-0.39, 0.29) is 0 Å². The van der Waals surface area contributed by atoms with Gasteiger partial charge >= 0.3 is 5.97 Å². The molecule has 0 bridgehead atoms. The van der Waals surface area contributed by atoms with Crippen molar-refractivity contribution in [3.8, 4) is 5.75 Å². The molecule has 0 aromatic heterocycles. The van der Waals surface area contributed by atoms with Crippen molar-refractivity contribution < 1.29 is 14.6 Å². The van der Waals surface area contributed by atoms with E-state index in [2.05, 4.69) is 0 Å². The number of para-hydroxylation sites is 1. The first-order valence-corrected chi connectivity index (χ1v) is 6.31. The molecular weight excluding hydrogens is 252 g/mol. The Bertz CT molecular complexity index is 615. The molecule has 0 aliphatic carbocycles. The second-order valence-corrected chi connectivity index (χ2v) is 4.36. The molecule has 0 amide bonds. The van der Waals surface area contributed by atoms with Crippen LogP contribution in [0.1, 0.15) is 11.1 Å². The maximum absolute atomic E-state index is 11.0. The minimum atomic E-state index is -0.946. The lowest BCUT2D eigenvalue weighted by molar-refractivity contribution is -0.131. The van der Waals surface area contributed by atoms with Crippen LogP contribution in [-0.2, 0) is 11.2 Å². The predicted octanol–water partition coefficient (Wildman–Crippen LogP) is 3.41. The van der Waals surface area contributed by atoms with Crippen molar-refractivity contribution in [3.05, 3.63) is 71.8 Å². The van der Waals surface area contributed by atoms with Gasteiger partial charge in [0.05, 0.1) is 7.11 Å². The summed E-state index contributed by atoms with van der Waals surface area (Å²) in [6.45, 7) is 0. The number of hydrogen-bond donors (Lipinski definition) is 1. The molecule has 20 heavy (non-hydrogen) atoms. The lowest BCUT2D eigenvalue weighted by atomic mass is 9.97. The van der Waals surface area contributed by atoms with Gasteiger partial charge in [0.25, 0.3) is 0 Å². The zero-order valence-electron chi connectivity index (χ0n) is 11.2. The summed E-state index contributed by atoms with van der Waals surface area (Å²) >= 11 is 0. The number of carbonyl (C=O) groups is 1. The van der Waals surface area contributed by atoms with Crippen LogP contribution in [-0.4, -0.2) is 18.2 Å². The maximum atomic E-state index is 11.0. The molecule has 0 atom stereocenters. The normalized spacial score (nSPS) is 11.2. The highest BCUT2D eigenvalue weighted by Crippen LogP contribution is 2.25. The van der Waals surface area contributed by atoms with Crippen LogP contribution in [0, 0.1) is 0 Å². The number of ether oxygens (including phenoxy) is 1. The monoisotopic (exact) mass is 268 g/mol. The molecule has 0 fully saturated rings. The maximum Gasteiger partial charge on any atom is 0.328 e. The van der Waals surface area contributed by atoms with Crippen LogP contribution in [0.5, 0.6) is 5.75 Å². The summed E-state index contributed by atoms with van der Waals surface area (Å²) in [6, 6.07) is 17.1. The van der Waals surface area contributed by atoms with E-state index in [9.17, 15) is 4.79 Å². The molecule has 0 radical (unpaired) electrons. The fourth-order valence-electron chi connectivity index (χ4n) is 2.09. The van der Waals surface area contributed by atoms with Gasteiger partial charge < -0.3 is 9.84 Å². The Kier molecular flexibility index (Phi) is 4.56. The van der Waals surface area contributed by atoms with Gasteiger partial charge in [0.15, 0.2) is 0 Å². The summed E-state index contributed by atoms with van der Waals surface area (Å²) in [4.78, 5) is 11.0. The smallest absolute Gasteiger partial charge is 0.328 e. The molecule has 0 saturated heterocycles. The van der Waals surface area contributed by atoms with Crippen LogP contribution in [0.25, 0.3) is 5.57 Å². The summed E-state index contributed by atoms with van der Waals surface area (Å²) in [5.41, 5.74) is 2.62. The van der Waals surface area contributed by atoms with Crippen LogP contribution in [0.3, 0.4) is 0 Å². The average molecular weight is 268 g/mol. The molecule has 2 aromatic rings. The molecule has 3 nitrogen and oxygen atoms in total. The lowest BCUT2D eigenvalue weighted by Crippen LogP contribution is -1.98. The number of rotatable bonds is 5. The quantitative estimate of drug-likeness (QED) is 0.845. The zero-order valence-corrected chi connectivity index (χ0v) is 11.2. The Morgan fingerprint density at radius 2 is 1.75 bits per heavy atom. The fraction of sp³-hybridized carbons (Fsp3) is 0.118. The average Bonchev–Trinajstić information content (AvgIpc) is 2.47. The molecule has 2 rings (SSSR count). The molecule has 0 unspecified atom stereocenters. The molecule has 3 heteroatoms. The van der Waals surface area contributed by atoms with Crippen molar-refractivity contribution in [1.29, 1.82) is 0 Å². The Morgan fingerprint density at radius 1 is 1.10 bits per heavy atom. The number of carboxylic acid groups (broad SMARTS) is 1. The van der Waals surface area contributed by atoms with E-state index in [1.807, 2.05) is 54.6 Å². The van der Waals surface area contributed by atoms with Crippen molar-refractivity contribution in [3.63, 3.8) is 0 Å². The van der Waals surface area contributed by atoms with E-state index >= 15 is 0 Å². The van der Waals surface area contributed by atoms with Gasteiger partial charge in [-0.25, -0.2) is 4.79 Å². The molecule has 0 aliphatic heterocycles. The number of allylic oxidation sites excluding steroid dienone is 1. The highest BCUT2D eigenvalue weighted by molar-refractivity contribution is 5.90. The topological polar surface area (TPSA) is 46.5 Å². The van der Waals surface area contributed by atoms with Crippen molar-refractivity contribution in [1.82, 2.24) is 0 Å². The highest BCUT2D eigenvalue weighted by Gasteiger charge is 2.09. The van der Waals surface area contributed by atoms with Crippen molar-refractivity contribution in [2.75, 3.05) is 7.11 Å². The Morgan fingerprint density at radius 3 is 2.40 bits per heavy atom. The van der Waals surface area contributed by atoms with Crippen LogP contribution < -0.4 is 4.74 Å². The molecule has 102 valence electrons. The zero-order chi connectivity index (χ0) is 14.4. The SMILES string of the molecule is COc1ccccc1C/C(=C/C(=O)O)c1ccccc1. The number of aliphatic carboxylic acids is 1. The first kappa shape index (κ1) is 13.9. The van der Waals surface area contributed by atoms with Gasteiger partial charge in [-0.1, -0.05) is 48.5 Å². The number of benzene rings is 2. The largest absolute Gasteiger partial charge is 0.496 e. The number of hydrogen-bond acceptors (Lipinski definition) is 2. The van der Waals surface area contributed by atoms with Gasteiger partial charge in [-0.15, -0.1) is 0 Å². The third-order valence-corrected chi connectivity index (χ3v) is 3.02. The molecule has 0 aliphatic rings. The fourth-order valence-corrected chi connectivity index (χ4v) is 2.09. The summed E-state index contributed by atoms with van der Waals surface area (Å²) in [5, 5.41) is 9.04. The molecule has 0 spiro atoms. The minimum Gasteiger partial charge on any atom is -0.496 e. The minimum absolute atomic E-state index is 0.514. The van der Waals surface area contributed by atoms with Crippen LogP contribution in [0.4, 0.5) is 0 Å². The summed E-state index contributed by atoms with van der Waals surface area (Å²) in [7, 11) is 1.61. The van der Waals surface area contributed by atoms with E-state index in [1.165, 1.54) is 6.08 Å². The second-order valence-electron chi connectivity index (χ2n) is 4.36. The standard InChI is InChI=1S/C17H16O3/c1-20-16-10-6-5-9-14(16)11-15(12-17(18)19)13-7-3-2-4-8-13/h2-10,12H,11H2,1H3,(H,18,19)/b15-12-. The van der Waals surface area contributed by atoms with E-state index in [4.69, 9.17) is 9.84 Å². The van der Waals surface area contributed by atoms with E-state index in [0.717, 1.165) is 22.4 Å². The Hall–Kier alpha value is -2.55. The van der Waals surface area contributed by atoms with Crippen LogP contribution in [0.15, 0.2) is 60.7 Å². The second kappa shape index (κ2) is 6.57. The summed E-state index contributed by atoms with van der Waals surface area (Å²) in [5.74, 6) is -0.182. The first-order chi connectivity index (χ1) is 9.70. The predicted molar refractivity (Wildman–Crippen MR) is 78.8 cm³/mol.